The first-order valence-corrected chi connectivity index (χ1v) is 34.2. The van der Waals surface area contributed by atoms with Crippen molar-refractivity contribution in [2.24, 2.45) is 15.3 Å². The first kappa shape index (κ1) is 76.0. The number of hydrogen-bond acceptors (Lipinski definition) is 30. The number of hydrazone groups is 3. The first-order chi connectivity index (χ1) is 50.4. The van der Waals surface area contributed by atoms with Crippen molar-refractivity contribution in [3.63, 3.8) is 0 Å². The van der Waals surface area contributed by atoms with Gasteiger partial charge in [0.1, 0.15) is 17.2 Å². The van der Waals surface area contributed by atoms with Crippen LogP contribution >= 0.6 is 0 Å². The van der Waals surface area contributed by atoms with Crippen molar-refractivity contribution in [3.8, 4) is 29.0 Å². The number of benzene rings is 4. The van der Waals surface area contributed by atoms with Crippen molar-refractivity contribution in [1.29, 1.82) is 0 Å². The van der Waals surface area contributed by atoms with Crippen molar-refractivity contribution in [1.82, 2.24) is 107 Å². The van der Waals surface area contributed by atoms with Gasteiger partial charge in [0.2, 0.25) is 29.1 Å². The molecule has 3 amide bonds. The number of phenols is 2. The summed E-state index contributed by atoms with van der Waals surface area (Å²) < 4.78 is 18.5. The molecule has 0 spiro atoms. The predicted molar refractivity (Wildman–Crippen MR) is 388 cm³/mol. The molecule has 548 valence electrons. The highest BCUT2D eigenvalue weighted by Crippen LogP contribution is 2.27. The molecule has 36 nitrogen and oxygen atoms in total. The Balaban J connectivity index is 0.000000181. The van der Waals surface area contributed by atoms with Crippen LogP contribution in [0.3, 0.4) is 0 Å². The van der Waals surface area contributed by atoms with Gasteiger partial charge in [0.25, 0.3) is 17.7 Å². The van der Waals surface area contributed by atoms with Crippen LogP contribution in [0.1, 0.15) is 156 Å². The Morgan fingerprint density at radius 3 is 1.45 bits per heavy atom. The number of carbonyl (C=O) groups is 3. The zero-order chi connectivity index (χ0) is 74.2. The molecule has 11 rings (SSSR count). The smallest absolute Gasteiger partial charge is 0.293 e. The van der Waals surface area contributed by atoms with Gasteiger partial charge >= 0.3 is 0 Å². The Kier molecular flexibility index (Phi) is 27.0. The maximum Gasteiger partial charge on any atom is 0.293 e. The molecule has 0 saturated heterocycles. The number of nitrogens with zero attached hydrogens (tertiary/aromatic N) is 23. The van der Waals surface area contributed by atoms with Gasteiger partial charge in [-0.2, -0.15) is 29.3 Å². The van der Waals surface area contributed by atoms with E-state index in [0.717, 1.165) is 101 Å². The van der Waals surface area contributed by atoms with Gasteiger partial charge in [-0.05, 0) is 171 Å². The largest absolute Gasteiger partial charge is 0.507 e. The molecule has 0 fully saturated rings. The first-order valence-electron chi connectivity index (χ1n) is 34.2. The summed E-state index contributed by atoms with van der Waals surface area (Å²) in [6.07, 6.45) is 7.18. The fraction of sp³-hybridized carbons (Fsp3) is 0.382. The van der Waals surface area contributed by atoms with Crippen molar-refractivity contribution in [2.75, 3.05) is 80.2 Å². The highest BCUT2D eigenvalue weighted by molar-refractivity contribution is 5.96. The van der Waals surface area contributed by atoms with E-state index in [1.165, 1.54) is 43.7 Å². The van der Waals surface area contributed by atoms with Gasteiger partial charge in [-0.1, -0.05) is 91.0 Å². The van der Waals surface area contributed by atoms with Crippen LogP contribution < -0.4 is 37.5 Å². The summed E-state index contributed by atoms with van der Waals surface area (Å²) >= 11 is 0. The van der Waals surface area contributed by atoms with E-state index in [0.29, 0.717) is 65.9 Å². The fourth-order valence-electron chi connectivity index (χ4n) is 11.4. The third kappa shape index (κ3) is 18.9. The number of anilines is 4. The summed E-state index contributed by atoms with van der Waals surface area (Å²) in [6.45, 7) is 29.9. The number of aromatic nitrogens is 15. The molecular formula is C68H88N28O8. The van der Waals surface area contributed by atoms with Gasteiger partial charge in [0.05, 0.1) is 35.7 Å². The molecule has 0 unspecified atom stereocenters. The second-order valence-corrected chi connectivity index (χ2v) is 23.8. The maximum atomic E-state index is 13.1. The van der Waals surface area contributed by atoms with Crippen LogP contribution in [-0.2, 0) is 32.6 Å². The minimum absolute atomic E-state index is 0.0275. The van der Waals surface area contributed by atoms with Gasteiger partial charge in [-0.3, -0.25) is 29.1 Å². The topological polar surface area (TPSA) is 442 Å². The van der Waals surface area contributed by atoms with E-state index in [1.54, 1.807) is 43.5 Å². The van der Waals surface area contributed by atoms with Crippen molar-refractivity contribution < 1.29 is 38.5 Å². The number of aryl methyl sites for hydroxylation is 2. The number of rotatable bonds is 30. The number of aromatic hydroxyl groups is 2. The predicted octanol–water partition coefficient (Wildman–Crippen LogP) is 6.15. The lowest BCUT2D eigenvalue weighted by molar-refractivity contribution is 0.0939. The molecular weight excluding hydrogens is 1340 g/mol. The molecule has 6 aromatic heterocycles. The molecule has 10 aromatic rings. The zero-order valence-electron chi connectivity index (χ0n) is 59.9. The molecule has 0 bridgehead atoms. The number of nitrogen functional groups attached to an aromatic ring is 2. The minimum atomic E-state index is -0.569. The molecule has 0 aliphatic carbocycles. The monoisotopic (exact) mass is 1420 g/mol. The number of carbonyl (C=O) groups excluding carboxylic acids is 3. The second kappa shape index (κ2) is 36.9. The molecule has 36 heteroatoms. The molecule has 1 aliphatic heterocycles. The molecule has 7 heterocycles. The van der Waals surface area contributed by atoms with Crippen molar-refractivity contribution in [3.05, 3.63) is 158 Å². The molecule has 1 aliphatic rings. The highest BCUT2D eigenvalue weighted by Gasteiger charge is 2.30. The Bertz CT molecular complexity index is 4550. The number of para-hydroxylation sites is 1. The average Bonchev–Trinajstić information content (AvgIpc) is 1.64. The number of fused-ring (bicyclic) bond motifs is 1. The Labute approximate surface area is 599 Å². The van der Waals surface area contributed by atoms with E-state index in [9.17, 15) is 24.6 Å². The van der Waals surface area contributed by atoms with Crippen LogP contribution in [-0.4, -0.2) is 196 Å². The number of nitrogens with two attached hydrogens (primary N) is 2. The van der Waals surface area contributed by atoms with Gasteiger partial charge in [-0.25, -0.2) is 30.2 Å². The summed E-state index contributed by atoms with van der Waals surface area (Å²) in [5.74, 6) is -0.654. The molecule has 0 saturated carbocycles. The van der Waals surface area contributed by atoms with Crippen molar-refractivity contribution >= 4 is 59.4 Å². The van der Waals surface area contributed by atoms with Crippen LogP contribution in [0.15, 0.2) is 114 Å². The van der Waals surface area contributed by atoms with E-state index in [2.05, 4.69) is 184 Å². The molecule has 104 heavy (non-hydrogen) atoms. The van der Waals surface area contributed by atoms with E-state index in [1.807, 2.05) is 45.0 Å². The lowest BCUT2D eigenvalue weighted by Gasteiger charge is -2.28. The second-order valence-electron chi connectivity index (χ2n) is 23.8. The highest BCUT2D eigenvalue weighted by atomic mass is 16.6. The quantitative estimate of drug-likeness (QED) is 0.0196. The normalized spacial score (nSPS) is 12.2. The van der Waals surface area contributed by atoms with Gasteiger partial charge in [0, 0.05) is 87.5 Å². The Morgan fingerprint density at radius 1 is 0.519 bits per heavy atom. The average molecular weight is 1430 g/mol. The standard InChI is InChI=1S/C24H36N10O2.C22H21N9O3.C22H31N9O3/c1-6-12-32(13-7-2)16-20-21(27-31-34(20)23-22(25)29-36-30-23)24(35)28-26-15-18-10-11-19(14-17(18)5)33(8-3)9-4;23-20-21(28-34-27-20)31-17(13-30-10-9-14-5-1-2-7-16(14)12-30)19(25-29-31)22(33)26-24-11-15-6-3-4-8-18(15)32;1-6-29(7-2)14-18-20(24-28-31(18)21-15(5)26-34-27-21)22(33)25-23-13-16-10-11-17(12-19(16)32)30(8-3)9-4/h10-11,14-15H,6-9,12-13,16H2,1-5H3,(H2,25,29)(H,28,35);1-8,11,32H,9-10,12-13H2,(H2,23,27)(H,26,33);10-13,32H,6-9,14H2,1-5H3,(H,25,33)/b26-15+;24-11+;23-13+. The lowest BCUT2D eigenvalue weighted by atomic mass is 10.00. The van der Waals surface area contributed by atoms with E-state index < -0.39 is 17.7 Å². The Hall–Kier alpha value is -12.2. The van der Waals surface area contributed by atoms with E-state index in [4.69, 9.17) is 25.4 Å². The third-order valence-electron chi connectivity index (χ3n) is 17.0. The van der Waals surface area contributed by atoms with Crippen LogP contribution in [0.4, 0.5) is 23.0 Å². The fourth-order valence-corrected chi connectivity index (χ4v) is 11.4. The van der Waals surface area contributed by atoms with Crippen LogP contribution in [0.2, 0.25) is 0 Å². The molecule has 9 N–H and O–H groups in total. The lowest BCUT2D eigenvalue weighted by Crippen LogP contribution is -2.32. The van der Waals surface area contributed by atoms with Crippen LogP contribution in [0.5, 0.6) is 11.5 Å². The number of nitrogens with one attached hydrogen (secondary N) is 3. The minimum Gasteiger partial charge on any atom is -0.507 e. The Morgan fingerprint density at radius 2 is 0.971 bits per heavy atom. The number of amides is 3. The van der Waals surface area contributed by atoms with Gasteiger partial charge in [-0.15, -0.1) is 15.3 Å². The van der Waals surface area contributed by atoms with Crippen molar-refractivity contribution in [2.45, 2.75) is 115 Å². The summed E-state index contributed by atoms with van der Waals surface area (Å²) in [4.78, 5) is 49.8. The number of phenolic OH excluding ortho intramolecular Hbond substituents is 2. The summed E-state index contributed by atoms with van der Waals surface area (Å²) in [5.41, 5.74) is 29.2. The summed E-state index contributed by atoms with van der Waals surface area (Å²) in [6, 6.07) is 26.4. The van der Waals surface area contributed by atoms with Crippen LogP contribution in [0, 0.1) is 13.8 Å². The number of hydrogen-bond donors (Lipinski definition) is 7. The molecule has 0 atom stereocenters. The molecule has 4 aromatic carbocycles. The maximum absolute atomic E-state index is 13.1. The molecule has 0 radical (unpaired) electrons. The van der Waals surface area contributed by atoms with E-state index in [-0.39, 0.29) is 51.9 Å². The summed E-state index contributed by atoms with van der Waals surface area (Å²) in [7, 11) is 0. The van der Waals surface area contributed by atoms with Gasteiger partial charge < -0.3 is 31.5 Å². The summed E-state index contributed by atoms with van der Waals surface area (Å²) in [5, 5.41) is 79.4. The van der Waals surface area contributed by atoms with Crippen LogP contribution in [0.25, 0.3) is 17.5 Å². The third-order valence-corrected chi connectivity index (χ3v) is 17.0. The zero-order valence-corrected chi connectivity index (χ0v) is 59.9. The SMILES string of the molecule is CCCN(CCC)Cc1c(C(=O)N/N=C/c2ccc(N(CC)CC)cc2C)nnn1-c1nonc1N.CCN(CC)Cc1c(C(=O)N/N=C/c2ccc(N(CC)CC)cc2O)nnn1-c1nonc1C.Nc1nonc1-n1nnc(C(=O)N/N=C/c2ccccc2O)c1CN1CCc2ccccc2C1. The van der Waals surface area contributed by atoms with E-state index >= 15 is 0 Å². The van der Waals surface area contributed by atoms with Gasteiger partial charge in [0.15, 0.2) is 17.1 Å².